The highest BCUT2D eigenvalue weighted by Gasteiger charge is 2.29. The van der Waals surface area contributed by atoms with Crippen molar-refractivity contribution in [1.82, 2.24) is 19.4 Å². The second kappa shape index (κ2) is 4.84. The van der Waals surface area contributed by atoms with Crippen molar-refractivity contribution >= 4 is 26.5 Å². The lowest BCUT2D eigenvalue weighted by atomic mass is 10.4. The molecule has 0 aromatic carbocycles. The number of hydrogen-bond acceptors (Lipinski definition) is 7. The molecule has 2 heterocycles. The van der Waals surface area contributed by atoms with Gasteiger partial charge in [0, 0.05) is 19.6 Å². The highest BCUT2D eigenvalue weighted by Crippen LogP contribution is 2.21. The molecule has 1 aromatic rings. The van der Waals surface area contributed by atoms with Gasteiger partial charge < -0.3 is 10.6 Å². The van der Waals surface area contributed by atoms with Crippen molar-refractivity contribution in [3.63, 3.8) is 0 Å². The predicted octanol–water partition coefficient (Wildman–Crippen LogP) is -0.553. The molecule has 96 valence electrons. The lowest BCUT2D eigenvalue weighted by molar-refractivity contribution is 0.347. The number of rotatable bonds is 2. The Kier molecular flexibility index (Phi) is 3.61. The van der Waals surface area contributed by atoms with E-state index >= 15 is 0 Å². The van der Waals surface area contributed by atoms with E-state index in [0.717, 1.165) is 30.8 Å². The van der Waals surface area contributed by atoms with Crippen LogP contribution >= 0.6 is 11.3 Å². The standard InChI is InChI=1S/C8H15N5O2S2/c1-12-3-2-4-13(6-5-12)17(14,15)8-11-10-7(9)16-8/h2-6H2,1H3,(H2,9,10). The molecule has 7 nitrogen and oxygen atoms in total. The van der Waals surface area contributed by atoms with Gasteiger partial charge in [-0.15, -0.1) is 10.2 Å². The molecule has 0 atom stereocenters. The van der Waals surface area contributed by atoms with Gasteiger partial charge >= 0.3 is 0 Å². The maximum absolute atomic E-state index is 12.2. The first-order chi connectivity index (χ1) is 8.00. The van der Waals surface area contributed by atoms with Crippen LogP contribution in [0.5, 0.6) is 0 Å². The molecule has 0 spiro atoms. The third kappa shape index (κ3) is 2.73. The first-order valence-electron chi connectivity index (χ1n) is 5.28. The Morgan fingerprint density at radius 2 is 2.00 bits per heavy atom. The minimum Gasteiger partial charge on any atom is -0.374 e. The largest absolute Gasteiger partial charge is 0.374 e. The zero-order valence-corrected chi connectivity index (χ0v) is 11.2. The normalized spacial score (nSPS) is 20.3. The summed E-state index contributed by atoms with van der Waals surface area (Å²) < 4.78 is 25.9. The number of nitrogens with two attached hydrogens (primary N) is 1. The van der Waals surface area contributed by atoms with Crippen LogP contribution in [0.4, 0.5) is 5.13 Å². The maximum atomic E-state index is 12.2. The summed E-state index contributed by atoms with van der Waals surface area (Å²) >= 11 is 0.908. The van der Waals surface area contributed by atoms with Crippen LogP contribution in [0.2, 0.25) is 0 Å². The molecular formula is C8H15N5O2S2. The molecule has 2 rings (SSSR count). The Bertz CT molecular complexity index is 486. The first kappa shape index (κ1) is 12.7. The molecule has 0 radical (unpaired) electrons. The van der Waals surface area contributed by atoms with Crippen molar-refractivity contribution in [2.24, 2.45) is 0 Å². The molecule has 2 N–H and O–H groups in total. The van der Waals surface area contributed by atoms with E-state index < -0.39 is 10.0 Å². The van der Waals surface area contributed by atoms with Gasteiger partial charge in [-0.3, -0.25) is 0 Å². The van der Waals surface area contributed by atoms with Gasteiger partial charge in [0.15, 0.2) is 0 Å². The number of nitrogens with zero attached hydrogens (tertiary/aromatic N) is 4. The van der Waals surface area contributed by atoms with Crippen LogP contribution in [0.15, 0.2) is 4.34 Å². The van der Waals surface area contributed by atoms with Gasteiger partial charge in [-0.25, -0.2) is 8.42 Å². The Hall–Kier alpha value is -0.770. The zero-order valence-electron chi connectivity index (χ0n) is 9.53. The van der Waals surface area contributed by atoms with Gasteiger partial charge in [0.05, 0.1) is 0 Å². The first-order valence-corrected chi connectivity index (χ1v) is 7.53. The van der Waals surface area contributed by atoms with E-state index in [-0.39, 0.29) is 9.47 Å². The average Bonchev–Trinajstić information content (AvgIpc) is 2.58. The lowest BCUT2D eigenvalue weighted by Gasteiger charge is -2.17. The molecule has 17 heavy (non-hydrogen) atoms. The summed E-state index contributed by atoms with van der Waals surface area (Å²) in [7, 11) is -1.53. The smallest absolute Gasteiger partial charge is 0.272 e. The molecule has 0 bridgehead atoms. The summed E-state index contributed by atoms with van der Waals surface area (Å²) in [5.74, 6) is 0. The number of nitrogen functional groups attached to an aromatic ring is 1. The molecule has 1 fully saturated rings. The Labute approximate surface area is 104 Å². The van der Waals surface area contributed by atoms with Gasteiger partial charge in [0.2, 0.25) is 9.47 Å². The van der Waals surface area contributed by atoms with Gasteiger partial charge in [-0.1, -0.05) is 11.3 Å². The third-order valence-electron chi connectivity index (χ3n) is 2.66. The van der Waals surface area contributed by atoms with Gasteiger partial charge in [-0.2, -0.15) is 4.31 Å². The molecule has 9 heteroatoms. The number of likely N-dealkylation sites (N-methyl/N-ethyl adjacent to an activating group) is 1. The van der Waals surface area contributed by atoms with Crippen LogP contribution in [0.3, 0.4) is 0 Å². The Morgan fingerprint density at radius 1 is 1.24 bits per heavy atom. The molecule has 1 aliphatic heterocycles. The van der Waals surface area contributed by atoms with E-state index in [9.17, 15) is 8.42 Å². The maximum Gasteiger partial charge on any atom is 0.272 e. The minimum atomic E-state index is -3.52. The predicted molar refractivity (Wildman–Crippen MR) is 65.2 cm³/mol. The topological polar surface area (TPSA) is 92.4 Å². The fraction of sp³-hybridized carbons (Fsp3) is 0.750. The van der Waals surface area contributed by atoms with Crippen molar-refractivity contribution in [1.29, 1.82) is 0 Å². The average molecular weight is 277 g/mol. The zero-order chi connectivity index (χ0) is 12.5. The summed E-state index contributed by atoms with van der Waals surface area (Å²) in [4.78, 5) is 2.12. The van der Waals surface area contributed by atoms with Crippen LogP contribution < -0.4 is 5.73 Å². The van der Waals surface area contributed by atoms with Gasteiger partial charge in [0.25, 0.3) is 10.0 Å². The molecular weight excluding hydrogens is 262 g/mol. The van der Waals surface area contributed by atoms with Crippen LogP contribution in [-0.4, -0.2) is 61.0 Å². The van der Waals surface area contributed by atoms with Crippen molar-refractivity contribution in [2.45, 2.75) is 10.8 Å². The Morgan fingerprint density at radius 3 is 2.65 bits per heavy atom. The summed E-state index contributed by atoms with van der Waals surface area (Å²) in [6.07, 6.45) is 0.823. The SMILES string of the molecule is CN1CCCN(S(=O)(=O)c2nnc(N)s2)CC1. The van der Waals surface area contributed by atoms with Crippen molar-refractivity contribution in [3.8, 4) is 0 Å². The van der Waals surface area contributed by atoms with E-state index in [1.54, 1.807) is 0 Å². The molecule has 1 aliphatic rings. The van der Waals surface area contributed by atoms with E-state index in [1.165, 1.54) is 4.31 Å². The van der Waals surface area contributed by atoms with Crippen molar-refractivity contribution in [2.75, 3.05) is 39.0 Å². The summed E-state index contributed by atoms with van der Waals surface area (Å²) in [5.41, 5.74) is 5.41. The molecule has 0 amide bonds. The van der Waals surface area contributed by atoms with E-state index in [2.05, 4.69) is 15.1 Å². The second-order valence-electron chi connectivity index (χ2n) is 3.97. The summed E-state index contributed by atoms with van der Waals surface area (Å²) in [5, 5.41) is 7.34. The fourth-order valence-electron chi connectivity index (χ4n) is 1.70. The second-order valence-corrected chi connectivity index (χ2v) is 7.09. The third-order valence-corrected chi connectivity index (χ3v) is 5.66. The molecule has 0 saturated carbocycles. The van der Waals surface area contributed by atoms with Crippen molar-refractivity contribution < 1.29 is 8.42 Å². The van der Waals surface area contributed by atoms with E-state index in [1.807, 2.05) is 7.05 Å². The number of aromatic nitrogens is 2. The van der Waals surface area contributed by atoms with Gasteiger partial charge in [-0.05, 0) is 20.0 Å². The number of hydrogen-bond donors (Lipinski definition) is 1. The van der Waals surface area contributed by atoms with Crippen LogP contribution in [0.1, 0.15) is 6.42 Å². The minimum absolute atomic E-state index is 0.0143. The highest BCUT2D eigenvalue weighted by atomic mass is 32.2. The quantitative estimate of drug-likeness (QED) is 0.779. The molecule has 0 unspecified atom stereocenters. The molecule has 1 aromatic heterocycles. The fourth-order valence-corrected chi connectivity index (χ4v) is 4.09. The van der Waals surface area contributed by atoms with Crippen LogP contribution in [-0.2, 0) is 10.0 Å². The highest BCUT2D eigenvalue weighted by molar-refractivity contribution is 7.91. The van der Waals surface area contributed by atoms with Crippen LogP contribution in [0.25, 0.3) is 0 Å². The number of anilines is 1. The summed E-state index contributed by atoms with van der Waals surface area (Å²) in [6.45, 7) is 2.64. The Balaban J connectivity index is 2.20. The van der Waals surface area contributed by atoms with E-state index in [0.29, 0.717) is 13.1 Å². The van der Waals surface area contributed by atoms with Gasteiger partial charge in [0.1, 0.15) is 0 Å². The monoisotopic (exact) mass is 277 g/mol. The molecule has 1 saturated heterocycles. The lowest BCUT2D eigenvalue weighted by Crippen LogP contribution is -2.34. The number of sulfonamides is 1. The van der Waals surface area contributed by atoms with Crippen molar-refractivity contribution in [3.05, 3.63) is 0 Å². The van der Waals surface area contributed by atoms with E-state index in [4.69, 9.17) is 5.73 Å². The summed E-state index contributed by atoms with van der Waals surface area (Å²) in [6, 6.07) is 0. The molecule has 0 aliphatic carbocycles. The van der Waals surface area contributed by atoms with Crippen LogP contribution in [0, 0.1) is 0 Å².